The molecule has 10 aromatic rings. The van der Waals surface area contributed by atoms with Gasteiger partial charge in [-0.2, -0.15) is 0 Å². The largest absolute Gasteiger partial charge is 0.254 e. The first-order valence-electron chi connectivity index (χ1n) is 18.0. The van der Waals surface area contributed by atoms with Crippen molar-refractivity contribution in [3.8, 4) is 44.5 Å². The molecule has 4 heteroatoms. The van der Waals surface area contributed by atoms with Crippen LogP contribution < -0.4 is 0 Å². The monoisotopic (exact) mass is 672 g/mol. The second-order valence-electron chi connectivity index (χ2n) is 14.2. The fourth-order valence-electron chi connectivity index (χ4n) is 9.29. The second kappa shape index (κ2) is 10.5. The van der Waals surface area contributed by atoms with E-state index in [4.69, 9.17) is 9.97 Å². The van der Waals surface area contributed by atoms with Crippen molar-refractivity contribution in [2.75, 3.05) is 0 Å². The Kier molecular flexibility index (Phi) is 5.67. The van der Waals surface area contributed by atoms with Crippen LogP contribution in [0.1, 0.15) is 22.3 Å². The van der Waals surface area contributed by atoms with Crippen molar-refractivity contribution in [1.29, 1.82) is 0 Å². The Morgan fingerprint density at radius 1 is 0.302 bits per heavy atom. The minimum absolute atomic E-state index is 0.487. The average Bonchev–Trinajstić information content (AvgIpc) is 3.70. The Balaban J connectivity index is 1.08. The molecule has 0 N–H and O–H groups in total. The smallest absolute Gasteiger partial charge is 0.0964 e. The van der Waals surface area contributed by atoms with Gasteiger partial charge in [-0.05, 0) is 92.0 Å². The molecule has 0 saturated carbocycles. The van der Waals surface area contributed by atoms with Crippen molar-refractivity contribution < 1.29 is 0 Å². The molecule has 0 fully saturated rings. The van der Waals surface area contributed by atoms with Gasteiger partial charge in [0.15, 0.2) is 0 Å². The summed E-state index contributed by atoms with van der Waals surface area (Å²) < 4.78 is 0. The van der Waals surface area contributed by atoms with Gasteiger partial charge in [-0.25, -0.2) is 0 Å². The lowest BCUT2D eigenvalue weighted by Crippen LogP contribution is -2.26. The molecule has 12 rings (SSSR count). The molecule has 2 aliphatic carbocycles. The molecule has 0 atom stereocenters. The molecular weight excluding hydrogens is 645 g/mol. The normalized spacial score (nSPS) is 13.4. The van der Waals surface area contributed by atoms with E-state index in [1.165, 1.54) is 44.5 Å². The Hall–Kier alpha value is -7.04. The highest BCUT2D eigenvalue weighted by Crippen LogP contribution is 2.63. The van der Waals surface area contributed by atoms with Gasteiger partial charge in [0.05, 0.1) is 27.5 Å². The summed E-state index contributed by atoms with van der Waals surface area (Å²) in [6.45, 7) is 0. The SMILES string of the molecule is c1ccc2c(c1)-c1ccc(-c3cnc4c(ccc5cccnc54)c3)cc1C21c2ccccc2-c2ccc(-c3cnc4c(ccc5cccnc54)c3)cc21. The molecule has 0 unspecified atom stereocenters. The summed E-state index contributed by atoms with van der Waals surface area (Å²) in [4.78, 5) is 19.3. The fourth-order valence-corrected chi connectivity index (χ4v) is 9.29. The molecule has 2 aliphatic rings. The predicted octanol–water partition coefficient (Wildman–Crippen LogP) is 11.6. The van der Waals surface area contributed by atoms with E-state index in [2.05, 4.69) is 143 Å². The number of benzene rings is 6. The number of pyridine rings is 4. The van der Waals surface area contributed by atoms with Gasteiger partial charge in [-0.15, -0.1) is 0 Å². The van der Waals surface area contributed by atoms with Crippen LogP contribution >= 0.6 is 0 Å². The molecule has 0 radical (unpaired) electrons. The van der Waals surface area contributed by atoms with Gasteiger partial charge in [0, 0.05) is 57.5 Å². The number of hydrogen-bond donors (Lipinski definition) is 0. The molecule has 0 aliphatic heterocycles. The summed E-state index contributed by atoms with van der Waals surface area (Å²) in [6.07, 6.45) is 7.70. The Labute approximate surface area is 305 Å². The van der Waals surface area contributed by atoms with Crippen LogP contribution in [0.2, 0.25) is 0 Å². The van der Waals surface area contributed by atoms with E-state index in [-0.39, 0.29) is 0 Å². The lowest BCUT2D eigenvalue weighted by Gasteiger charge is -2.31. The summed E-state index contributed by atoms with van der Waals surface area (Å²) in [5.74, 6) is 0. The highest BCUT2D eigenvalue weighted by molar-refractivity contribution is 6.05. The van der Waals surface area contributed by atoms with Crippen LogP contribution in [0.3, 0.4) is 0 Å². The Bertz CT molecular complexity index is 2980. The van der Waals surface area contributed by atoms with Crippen LogP contribution in [0.5, 0.6) is 0 Å². The van der Waals surface area contributed by atoms with Crippen molar-refractivity contribution in [3.05, 3.63) is 193 Å². The lowest BCUT2D eigenvalue weighted by atomic mass is 9.70. The van der Waals surface area contributed by atoms with E-state index >= 15 is 0 Å². The molecule has 244 valence electrons. The first-order chi connectivity index (χ1) is 26.3. The van der Waals surface area contributed by atoms with Crippen LogP contribution in [-0.4, -0.2) is 19.9 Å². The standard InChI is InChI=1S/C49H28N4/c1-3-11-41-37(9-1)39-19-17-31(35-23-33-15-13-29-7-5-21-50-45(29)47(33)52-27-35)25-43(39)49(41)42-12-4-2-10-38(42)40-20-18-32(26-44(40)49)36-24-34-16-14-30-8-6-22-51-46(30)48(34)53-28-36/h1-28H. The van der Waals surface area contributed by atoms with Crippen molar-refractivity contribution in [2.24, 2.45) is 0 Å². The molecule has 0 bridgehead atoms. The van der Waals surface area contributed by atoms with Crippen molar-refractivity contribution in [2.45, 2.75) is 5.41 Å². The van der Waals surface area contributed by atoms with Gasteiger partial charge in [0.1, 0.15) is 0 Å². The zero-order valence-electron chi connectivity index (χ0n) is 28.5. The Morgan fingerprint density at radius 2 is 0.736 bits per heavy atom. The number of hydrogen-bond acceptors (Lipinski definition) is 4. The average molecular weight is 673 g/mol. The summed E-state index contributed by atoms with van der Waals surface area (Å²) >= 11 is 0. The maximum Gasteiger partial charge on any atom is 0.0964 e. The molecule has 4 heterocycles. The van der Waals surface area contributed by atoms with E-state index in [1.54, 1.807) is 0 Å². The van der Waals surface area contributed by atoms with Gasteiger partial charge in [0.2, 0.25) is 0 Å². The van der Waals surface area contributed by atoms with Gasteiger partial charge < -0.3 is 0 Å². The molecule has 53 heavy (non-hydrogen) atoms. The summed E-state index contributed by atoms with van der Waals surface area (Å²) in [5, 5.41) is 4.36. The maximum atomic E-state index is 4.99. The predicted molar refractivity (Wildman–Crippen MR) is 215 cm³/mol. The molecular formula is C49H28N4. The van der Waals surface area contributed by atoms with Gasteiger partial charge in [-0.3, -0.25) is 19.9 Å². The molecule has 4 aromatic heterocycles. The third-order valence-corrected chi connectivity index (χ3v) is 11.6. The second-order valence-corrected chi connectivity index (χ2v) is 14.2. The summed E-state index contributed by atoms with van der Waals surface area (Å²) in [5.41, 5.74) is 18.0. The van der Waals surface area contributed by atoms with Crippen molar-refractivity contribution in [1.82, 2.24) is 19.9 Å². The number of fused-ring (bicyclic) bond motifs is 16. The fraction of sp³-hybridized carbons (Fsp3) is 0.0204. The summed E-state index contributed by atoms with van der Waals surface area (Å²) in [6, 6.07) is 53.2. The van der Waals surface area contributed by atoms with Gasteiger partial charge in [-0.1, -0.05) is 109 Å². The maximum absolute atomic E-state index is 4.99. The van der Waals surface area contributed by atoms with E-state index in [9.17, 15) is 0 Å². The summed E-state index contributed by atoms with van der Waals surface area (Å²) in [7, 11) is 0. The number of nitrogens with zero attached hydrogens (tertiary/aromatic N) is 4. The van der Waals surface area contributed by atoms with E-state index in [0.29, 0.717) is 0 Å². The van der Waals surface area contributed by atoms with Crippen LogP contribution in [0.4, 0.5) is 0 Å². The quantitative estimate of drug-likeness (QED) is 0.172. The minimum Gasteiger partial charge on any atom is -0.254 e. The molecule has 4 nitrogen and oxygen atoms in total. The van der Waals surface area contributed by atoms with E-state index in [1.807, 2.05) is 36.9 Å². The van der Waals surface area contributed by atoms with Crippen LogP contribution in [-0.2, 0) is 5.41 Å². The number of rotatable bonds is 2. The topological polar surface area (TPSA) is 51.6 Å². The highest BCUT2D eigenvalue weighted by Gasteiger charge is 2.51. The lowest BCUT2D eigenvalue weighted by molar-refractivity contribution is 0.794. The van der Waals surface area contributed by atoms with Crippen molar-refractivity contribution in [3.63, 3.8) is 0 Å². The number of aromatic nitrogens is 4. The Morgan fingerprint density at radius 3 is 1.25 bits per heavy atom. The van der Waals surface area contributed by atoms with Crippen molar-refractivity contribution >= 4 is 43.6 Å². The third kappa shape index (κ3) is 3.84. The van der Waals surface area contributed by atoms with Gasteiger partial charge in [0.25, 0.3) is 0 Å². The molecule has 6 aromatic carbocycles. The van der Waals surface area contributed by atoms with E-state index in [0.717, 1.165) is 65.9 Å². The third-order valence-electron chi connectivity index (χ3n) is 11.6. The zero-order valence-corrected chi connectivity index (χ0v) is 28.5. The molecule has 1 spiro atoms. The molecule has 0 amide bonds. The van der Waals surface area contributed by atoms with Crippen LogP contribution in [0.25, 0.3) is 88.1 Å². The van der Waals surface area contributed by atoms with Gasteiger partial charge >= 0.3 is 0 Å². The van der Waals surface area contributed by atoms with E-state index < -0.39 is 5.41 Å². The highest BCUT2D eigenvalue weighted by atomic mass is 14.7. The van der Waals surface area contributed by atoms with Crippen LogP contribution in [0.15, 0.2) is 170 Å². The van der Waals surface area contributed by atoms with Crippen LogP contribution in [0, 0.1) is 0 Å². The minimum atomic E-state index is -0.487. The molecule has 0 saturated heterocycles. The first-order valence-corrected chi connectivity index (χ1v) is 18.0. The zero-order chi connectivity index (χ0) is 34.7. The first kappa shape index (κ1) is 28.6.